The van der Waals surface area contributed by atoms with Crippen molar-refractivity contribution in [2.75, 3.05) is 6.61 Å². The third kappa shape index (κ3) is 6.84. The number of unbranched alkanes of at least 4 members (excludes halogenated alkanes) is 1. The van der Waals surface area contributed by atoms with Crippen molar-refractivity contribution in [3.8, 4) is 5.75 Å². The summed E-state index contributed by atoms with van der Waals surface area (Å²) in [5.74, 6) is 0.123. The van der Waals surface area contributed by atoms with Crippen LogP contribution in [-0.4, -0.2) is 34.3 Å². The monoisotopic (exact) mass is 470 g/mol. The molecule has 0 saturated heterocycles. The van der Waals surface area contributed by atoms with Crippen LogP contribution in [0.5, 0.6) is 5.75 Å². The van der Waals surface area contributed by atoms with Gasteiger partial charge in [0.1, 0.15) is 5.75 Å². The van der Waals surface area contributed by atoms with Crippen molar-refractivity contribution in [1.82, 2.24) is 0 Å². The molecule has 0 spiro atoms. The zero-order valence-electron chi connectivity index (χ0n) is 19.5. The van der Waals surface area contributed by atoms with E-state index in [1.54, 1.807) is 0 Å². The first-order valence-electron chi connectivity index (χ1n) is 11.8. The van der Waals surface area contributed by atoms with Crippen molar-refractivity contribution >= 4 is 17.6 Å². The molecule has 1 aliphatic rings. The Morgan fingerprint density at radius 1 is 1.06 bits per heavy atom. The summed E-state index contributed by atoms with van der Waals surface area (Å²) >= 11 is 6.53. The Morgan fingerprint density at radius 3 is 2.39 bits per heavy atom. The van der Waals surface area contributed by atoms with Crippen LogP contribution in [-0.2, 0) is 10.2 Å². The van der Waals surface area contributed by atoms with E-state index in [1.807, 2.05) is 24.3 Å². The number of aliphatic hydroxyl groups is 1. The third-order valence-electron chi connectivity index (χ3n) is 6.83. The van der Waals surface area contributed by atoms with Crippen molar-refractivity contribution in [3.05, 3.63) is 77.9 Å². The summed E-state index contributed by atoms with van der Waals surface area (Å²) in [6.45, 7) is 4.85. The molecule has 0 bridgehead atoms. The second kappa shape index (κ2) is 11.7. The standard InChI is InChI=1S/C28H35ClO4/c1-28(2,20-10-6-5-7-11-20)21-14-16-22(17-15-21)33-19-24-23(25(29)18-26(24)30)12-8-3-4-9-13-27(31)32/h3,5-8,10-11,14-17,23-26,30H,4,9,12-13,18-19H2,1-2H3,(H,31,32)/t23-,24-,25-,26-/m1/s1. The summed E-state index contributed by atoms with van der Waals surface area (Å²) in [5, 5.41) is 19.2. The minimum Gasteiger partial charge on any atom is -0.493 e. The molecule has 0 radical (unpaired) electrons. The number of rotatable bonds is 11. The van der Waals surface area contributed by atoms with Crippen LogP contribution in [0.3, 0.4) is 0 Å². The van der Waals surface area contributed by atoms with Crippen LogP contribution in [0.2, 0.25) is 0 Å². The van der Waals surface area contributed by atoms with Gasteiger partial charge >= 0.3 is 5.97 Å². The summed E-state index contributed by atoms with van der Waals surface area (Å²) in [5.41, 5.74) is 2.38. The fourth-order valence-electron chi connectivity index (χ4n) is 4.62. The van der Waals surface area contributed by atoms with Gasteiger partial charge in [-0.2, -0.15) is 0 Å². The number of carbonyl (C=O) groups is 1. The topological polar surface area (TPSA) is 66.8 Å². The van der Waals surface area contributed by atoms with Gasteiger partial charge in [0, 0.05) is 23.1 Å². The fourth-order valence-corrected chi connectivity index (χ4v) is 5.09. The van der Waals surface area contributed by atoms with E-state index in [0.29, 0.717) is 19.4 Å². The van der Waals surface area contributed by atoms with Gasteiger partial charge in [0.05, 0.1) is 12.7 Å². The quantitative estimate of drug-likeness (QED) is 0.233. The van der Waals surface area contributed by atoms with E-state index in [-0.39, 0.29) is 29.0 Å². The van der Waals surface area contributed by atoms with Gasteiger partial charge in [-0.1, -0.05) is 68.5 Å². The molecule has 2 aromatic carbocycles. The molecule has 2 N–H and O–H groups in total. The summed E-state index contributed by atoms with van der Waals surface area (Å²) in [6.07, 6.45) is 6.48. The molecule has 1 saturated carbocycles. The molecule has 4 atom stereocenters. The Morgan fingerprint density at radius 2 is 1.73 bits per heavy atom. The molecule has 4 nitrogen and oxygen atoms in total. The van der Waals surface area contributed by atoms with Gasteiger partial charge in [-0.25, -0.2) is 0 Å². The summed E-state index contributed by atoms with van der Waals surface area (Å²) in [7, 11) is 0. The highest BCUT2D eigenvalue weighted by Gasteiger charge is 2.41. The average molecular weight is 471 g/mol. The number of halogens is 1. The lowest BCUT2D eigenvalue weighted by Crippen LogP contribution is -2.27. The van der Waals surface area contributed by atoms with Gasteiger partial charge in [0.2, 0.25) is 0 Å². The van der Waals surface area contributed by atoms with Crippen LogP contribution in [0.4, 0.5) is 0 Å². The smallest absolute Gasteiger partial charge is 0.303 e. The highest BCUT2D eigenvalue weighted by Crippen LogP contribution is 2.39. The van der Waals surface area contributed by atoms with Gasteiger partial charge in [-0.15, -0.1) is 11.6 Å². The number of aliphatic hydroxyl groups excluding tert-OH is 1. The maximum Gasteiger partial charge on any atom is 0.303 e. The van der Waals surface area contributed by atoms with E-state index in [4.69, 9.17) is 21.4 Å². The van der Waals surface area contributed by atoms with Gasteiger partial charge in [0.25, 0.3) is 0 Å². The number of hydrogen-bond acceptors (Lipinski definition) is 3. The van der Waals surface area contributed by atoms with E-state index in [0.717, 1.165) is 18.6 Å². The molecule has 0 aromatic heterocycles. The molecular weight excluding hydrogens is 436 g/mol. The van der Waals surface area contributed by atoms with E-state index >= 15 is 0 Å². The highest BCUT2D eigenvalue weighted by molar-refractivity contribution is 6.21. The maximum atomic E-state index is 10.6. The Labute approximate surface area is 202 Å². The van der Waals surface area contributed by atoms with Gasteiger partial charge in [-0.05, 0) is 54.9 Å². The molecule has 0 heterocycles. The van der Waals surface area contributed by atoms with Crippen LogP contribution in [0, 0.1) is 11.8 Å². The Kier molecular flexibility index (Phi) is 8.99. The molecule has 0 aliphatic heterocycles. The number of benzene rings is 2. The first-order valence-corrected chi connectivity index (χ1v) is 12.2. The second-order valence-corrected chi connectivity index (χ2v) is 10.0. The minimum atomic E-state index is -0.767. The first-order chi connectivity index (χ1) is 15.8. The molecule has 1 fully saturated rings. The van der Waals surface area contributed by atoms with Crippen LogP contribution in [0.15, 0.2) is 66.7 Å². The number of alkyl halides is 1. The van der Waals surface area contributed by atoms with Crippen molar-refractivity contribution < 1.29 is 19.7 Å². The maximum absolute atomic E-state index is 10.6. The second-order valence-electron chi connectivity index (χ2n) is 9.47. The molecule has 0 unspecified atom stereocenters. The zero-order valence-corrected chi connectivity index (χ0v) is 20.2. The summed E-state index contributed by atoms with van der Waals surface area (Å²) < 4.78 is 6.08. The van der Waals surface area contributed by atoms with Crippen molar-refractivity contribution in [2.45, 2.75) is 62.8 Å². The normalized spacial score (nSPS) is 23.2. The summed E-state index contributed by atoms with van der Waals surface area (Å²) in [4.78, 5) is 10.6. The van der Waals surface area contributed by atoms with Crippen molar-refractivity contribution in [2.24, 2.45) is 11.8 Å². The van der Waals surface area contributed by atoms with Gasteiger partial charge in [-0.3, -0.25) is 4.79 Å². The molecule has 33 heavy (non-hydrogen) atoms. The summed E-state index contributed by atoms with van der Waals surface area (Å²) in [6, 6.07) is 18.7. The number of carboxylic acids is 1. The van der Waals surface area contributed by atoms with E-state index in [1.165, 1.54) is 11.1 Å². The molecule has 178 valence electrons. The Balaban J connectivity index is 1.56. The Hall–Kier alpha value is -2.30. The number of aliphatic carboxylic acids is 1. The molecule has 3 rings (SSSR count). The van der Waals surface area contributed by atoms with Crippen molar-refractivity contribution in [1.29, 1.82) is 0 Å². The lowest BCUT2D eigenvalue weighted by atomic mass is 9.78. The van der Waals surface area contributed by atoms with Gasteiger partial charge in [0.15, 0.2) is 0 Å². The van der Waals surface area contributed by atoms with Crippen LogP contribution < -0.4 is 4.74 Å². The molecule has 5 heteroatoms. The molecule has 0 amide bonds. The fraction of sp³-hybridized carbons (Fsp3) is 0.464. The SMILES string of the molecule is CC(C)(c1ccccc1)c1ccc(OC[C@@H]2[C@@H](CC=CCCCC(=O)O)[C@H](Cl)C[C@H]2O)cc1. The first kappa shape index (κ1) is 25.3. The van der Waals surface area contributed by atoms with Crippen LogP contribution >= 0.6 is 11.6 Å². The average Bonchev–Trinajstić information content (AvgIpc) is 3.07. The Bertz CT molecular complexity index is 907. The lowest BCUT2D eigenvalue weighted by Gasteiger charge is -2.26. The minimum absolute atomic E-state index is 0.0309. The van der Waals surface area contributed by atoms with Crippen molar-refractivity contribution in [3.63, 3.8) is 0 Å². The predicted octanol–water partition coefficient (Wildman–Crippen LogP) is 6.20. The van der Waals surface area contributed by atoms with Crippen LogP contribution in [0.25, 0.3) is 0 Å². The molecular formula is C28H35ClO4. The predicted molar refractivity (Wildman–Crippen MR) is 133 cm³/mol. The molecule has 1 aliphatic carbocycles. The lowest BCUT2D eigenvalue weighted by molar-refractivity contribution is -0.137. The largest absolute Gasteiger partial charge is 0.493 e. The van der Waals surface area contributed by atoms with E-state index in [2.05, 4.69) is 56.3 Å². The van der Waals surface area contributed by atoms with Crippen LogP contribution in [0.1, 0.15) is 57.1 Å². The van der Waals surface area contributed by atoms with E-state index in [9.17, 15) is 9.90 Å². The zero-order chi connectivity index (χ0) is 23.8. The number of carboxylic acid groups (broad SMARTS) is 1. The number of allylic oxidation sites excluding steroid dienone is 2. The number of ether oxygens (including phenoxy) is 1. The third-order valence-corrected chi connectivity index (χ3v) is 7.33. The number of hydrogen-bond donors (Lipinski definition) is 2. The van der Waals surface area contributed by atoms with Gasteiger partial charge < -0.3 is 14.9 Å². The highest BCUT2D eigenvalue weighted by atomic mass is 35.5. The van der Waals surface area contributed by atoms with E-state index < -0.39 is 12.1 Å². The molecule has 2 aromatic rings.